The topological polar surface area (TPSA) is 104 Å². The van der Waals surface area contributed by atoms with Crippen LogP contribution in [-0.2, 0) is 15.1 Å². The lowest BCUT2D eigenvalue weighted by atomic mass is 9.89. The molecule has 0 atom stereocenters. The molecule has 4 aromatic rings. The first kappa shape index (κ1) is 24.9. The van der Waals surface area contributed by atoms with Gasteiger partial charge in [-0.2, -0.15) is 5.10 Å². The van der Waals surface area contributed by atoms with E-state index in [1.165, 1.54) is 12.4 Å². The second kappa shape index (κ2) is 9.59. The van der Waals surface area contributed by atoms with Crippen LogP contribution in [0.25, 0.3) is 16.6 Å². The summed E-state index contributed by atoms with van der Waals surface area (Å²) in [5, 5.41) is 5.36. The number of carbonyl (C=O) groups excluding carboxylic acids is 1. The number of likely N-dealkylation sites (tertiary alicyclic amines) is 1. The van der Waals surface area contributed by atoms with E-state index in [2.05, 4.69) is 16.7 Å². The zero-order valence-electron chi connectivity index (χ0n) is 20.1. The number of benzene rings is 2. The minimum absolute atomic E-state index is 0.195. The number of hydrogen-bond acceptors (Lipinski definition) is 7. The molecule has 11 heteroatoms. The molecule has 1 saturated heterocycles. The van der Waals surface area contributed by atoms with Gasteiger partial charge in [0.2, 0.25) is 5.91 Å². The number of hydrogen-bond donors (Lipinski definition) is 1. The van der Waals surface area contributed by atoms with E-state index in [0.717, 1.165) is 0 Å². The molecule has 3 heterocycles. The van der Waals surface area contributed by atoms with Gasteiger partial charge in [-0.1, -0.05) is 41.9 Å². The fourth-order valence-corrected chi connectivity index (χ4v) is 5.17. The van der Waals surface area contributed by atoms with Crippen molar-refractivity contribution >= 4 is 40.4 Å². The van der Waals surface area contributed by atoms with Crippen LogP contribution in [-0.4, -0.2) is 52.7 Å². The van der Waals surface area contributed by atoms with E-state index in [4.69, 9.17) is 43.1 Å². The van der Waals surface area contributed by atoms with Crippen LogP contribution in [0.4, 0.5) is 5.82 Å². The van der Waals surface area contributed by atoms with Gasteiger partial charge in [0.1, 0.15) is 23.2 Å². The summed E-state index contributed by atoms with van der Waals surface area (Å²) >= 11 is 13.1. The van der Waals surface area contributed by atoms with Crippen molar-refractivity contribution < 1.29 is 19.0 Å². The largest absolute Gasteiger partial charge is 0.493 e. The van der Waals surface area contributed by atoms with Crippen molar-refractivity contribution in [1.82, 2.24) is 19.5 Å². The molecule has 0 radical (unpaired) electrons. The number of rotatable bonds is 7. The lowest BCUT2D eigenvalue weighted by molar-refractivity contribution is -0.161. The van der Waals surface area contributed by atoms with E-state index in [1.807, 2.05) is 6.07 Å². The molecule has 1 aliphatic heterocycles. The van der Waals surface area contributed by atoms with Crippen molar-refractivity contribution in [2.75, 3.05) is 33.0 Å². The molecule has 0 bridgehead atoms. The molecule has 1 fully saturated rings. The number of nitrogens with zero attached hydrogens (tertiary/aromatic N) is 4. The molecule has 0 unspecified atom stereocenters. The van der Waals surface area contributed by atoms with Crippen LogP contribution in [0.3, 0.4) is 0 Å². The Hall–Kier alpha value is -3.79. The number of aromatic nitrogens is 3. The summed E-state index contributed by atoms with van der Waals surface area (Å²) in [5.74, 6) is 1.57. The highest BCUT2D eigenvalue weighted by Gasteiger charge is 2.50. The fourth-order valence-electron chi connectivity index (χ4n) is 4.54. The zero-order valence-corrected chi connectivity index (χ0v) is 21.6. The first-order chi connectivity index (χ1) is 17.8. The maximum atomic E-state index is 12.1. The van der Waals surface area contributed by atoms with Crippen molar-refractivity contribution in [2.45, 2.75) is 5.60 Å². The highest BCUT2D eigenvalue weighted by molar-refractivity contribution is 6.35. The van der Waals surface area contributed by atoms with E-state index in [0.29, 0.717) is 49.6 Å². The Labute approximate surface area is 223 Å². The first-order valence-corrected chi connectivity index (χ1v) is 12.0. The highest BCUT2D eigenvalue weighted by Crippen LogP contribution is 2.48. The van der Waals surface area contributed by atoms with Crippen molar-refractivity contribution in [2.24, 2.45) is 0 Å². The number of nitrogen functional groups attached to an aromatic ring is 1. The second-order valence-corrected chi connectivity index (χ2v) is 9.28. The molecule has 0 saturated carbocycles. The molecule has 5 rings (SSSR count). The summed E-state index contributed by atoms with van der Waals surface area (Å²) < 4.78 is 19.2. The number of halogens is 2. The van der Waals surface area contributed by atoms with Crippen LogP contribution in [0.5, 0.6) is 17.2 Å². The van der Waals surface area contributed by atoms with E-state index in [-0.39, 0.29) is 24.8 Å². The Bertz CT molecular complexity index is 1530. The van der Waals surface area contributed by atoms with Crippen LogP contribution >= 0.6 is 23.2 Å². The second-order valence-electron chi connectivity index (χ2n) is 8.47. The van der Waals surface area contributed by atoms with Gasteiger partial charge in [0.25, 0.3) is 0 Å². The summed E-state index contributed by atoms with van der Waals surface area (Å²) in [6, 6.07) is 12.5. The van der Waals surface area contributed by atoms with Crippen molar-refractivity contribution in [3.8, 4) is 28.4 Å². The SMILES string of the molecule is C=CC(=O)N1CC(OC)(c2c(Cl)c(-c3ccc(Oc4cccc(Cl)c4)c(OC)c3)c3c(N)ncnn23)C1. The molecular weight excluding hydrogens is 517 g/mol. The van der Waals surface area contributed by atoms with Crippen LogP contribution in [0, 0.1) is 0 Å². The normalized spacial score (nSPS) is 14.3. The summed E-state index contributed by atoms with van der Waals surface area (Å²) in [6.07, 6.45) is 2.62. The number of anilines is 1. The number of methoxy groups -OCH3 is 2. The number of ether oxygens (including phenoxy) is 3. The molecule has 9 nitrogen and oxygen atoms in total. The Kier molecular flexibility index (Phi) is 6.45. The lowest BCUT2D eigenvalue weighted by Crippen LogP contribution is -2.62. The molecular formula is C26H23Cl2N5O4. The summed E-state index contributed by atoms with van der Waals surface area (Å²) in [7, 11) is 3.12. The number of nitrogens with two attached hydrogens (primary N) is 1. The zero-order chi connectivity index (χ0) is 26.3. The average molecular weight is 540 g/mol. The van der Waals surface area contributed by atoms with Crippen molar-refractivity contribution in [3.05, 3.63) is 77.2 Å². The minimum Gasteiger partial charge on any atom is -0.493 e. The standard InChI is InChI=1S/C26H23Cl2N5O4/c1-4-20(34)32-12-26(13-32,36-3)24-22(28)21(23-25(29)30-14-31-33(23)24)15-8-9-18(19(10-15)35-2)37-17-7-5-6-16(27)11-17/h4-11,14H,1,12-13H2,2-3H3,(H2,29,30,31). The monoisotopic (exact) mass is 539 g/mol. The molecule has 190 valence electrons. The van der Waals surface area contributed by atoms with E-state index in [1.54, 1.807) is 60.0 Å². The van der Waals surface area contributed by atoms with Crippen LogP contribution in [0.1, 0.15) is 5.69 Å². The van der Waals surface area contributed by atoms with Gasteiger partial charge in [0.15, 0.2) is 17.3 Å². The smallest absolute Gasteiger partial charge is 0.246 e. The van der Waals surface area contributed by atoms with Gasteiger partial charge in [-0.25, -0.2) is 9.50 Å². The predicted molar refractivity (Wildman–Crippen MR) is 141 cm³/mol. The third-order valence-corrected chi connectivity index (χ3v) is 6.97. The van der Waals surface area contributed by atoms with Gasteiger partial charge < -0.3 is 24.8 Å². The quantitative estimate of drug-likeness (QED) is 0.331. The van der Waals surface area contributed by atoms with E-state index in [9.17, 15) is 4.79 Å². The third-order valence-electron chi connectivity index (χ3n) is 6.37. The minimum atomic E-state index is -0.891. The Morgan fingerprint density at radius 2 is 1.95 bits per heavy atom. The molecule has 2 N–H and O–H groups in total. The molecule has 2 aromatic heterocycles. The van der Waals surface area contributed by atoms with Gasteiger partial charge >= 0.3 is 0 Å². The van der Waals surface area contributed by atoms with Crippen molar-refractivity contribution in [3.63, 3.8) is 0 Å². The molecule has 1 amide bonds. The van der Waals surface area contributed by atoms with Gasteiger partial charge in [-0.15, -0.1) is 0 Å². The maximum absolute atomic E-state index is 12.1. The molecule has 2 aromatic carbocycles. The summed E-state index contributed by atoms with van der Waals surface area (Å²) in [6.45, 7) is 4.11. The molecule has 0 aliphatic carbocycles. The van der Waals surface area contributed by atoms with E-state index < -0.39 is 5.60 Å². The van der Waals surface area contributed by atoms with Gasteiger partial charge in [-0.05, 0) is 42.0 Å². The Balaban J connectivity index is 1.63. The van der Waals surface area contributed by atoms with Crippen LogP contribution < -0.4 is 15.2 Å². The van der Waals surface area contributed by atoms with Crippen LogP contribution in [0.2, 0.25) is 10.0 Å². The fraction of sp³-hybridized carbons (Fsp3) is 0.192. The number of carbonyl (C=O) groups is 1. The van der Waals surface area contributed by atoms with Gasteiger partial charge in [-0.3, -0.25) is 4.79 Å². The average Bonchev–Trinajstić information content (AvgIpc) is 3.17. The Morgan fingerprint density at radius 1 is 1.16 bits per heavy atom. The first-order valence-electron chi connectivity index (χ1n) is 11.2. The molecule has 1 aliphatic rings. The highest BCUT2D eigenvalue weighted by atomic mass is 35.5. The summed E-state index contributed by atoms with van der Waals surface area (Å²) in [4.78, 5) is 17.9. The molecule has 37 heavy (non-hydrogen) atoms. The van der Waals surface area contributed by atoms with Crippen LogP contribution in [0.15, 0.2) is 61.4 Å². The van der Waals surface area contributed by atoms with Crippen molar-refractivity contribution in [1.29, 1.82) is 0 Å². The van der Waals surface area contributed by atoms with E-state index >= 15 is 0 Å². The number of fused-ring (bicyclic) bond motifs is 1. The third kappa shape index (κ3) is 4.15. The summed E-state index contributed by atoms with van der Waals surface area (Å²) in [5.41, 5.74) is 7.82. The molecule has 0 spiro atoms. The lowest BCUT2D eigenvalue weighted by Gasteiger charge is -2.48. The van der Waals surface area contributed by atoms with Gasteiger partial charge in [0.05, 0.1) is 30.9 Å². The predicted octanol–water partition coefficient (Wildman–Crippen LogP) is 4.96. The van der Waals surface area contributed by atoms with Gasteiger partial charge in [0, 0.05) is 17.7 Å². The maximum Gasteiger partial charge on any atom is 0.246 e. The number of amides is 1. The Morgan fingerprint density at radius 3 is 2.62 bits per heavy atom.